The maximum absolute atomic E-state index is 11.4. The molecular formula is C11H11NOS2. The lowest BCUT2D eigenvalue weighted by Crippen LogP contribution is -1.94. The Kier molecular flexibility index (Phi) is 2.80. The molecule has 0 aliphatic rings. The molecule has 0 aliphatic heterocycles. The van der Waals surface area contributed by atoms with Gasteiger partial charge in [0, 0.05) is 15.8 Å². The van der Waals surface area contributed by atoms with Crippen molar-refractivity contribution in [2.24, 2.45) is 0 Å². The minimum absolute atomic E-state index is 0.118. The zero-order chi connectivity index (χ0) is 11.0. The number of nitrogens with zero attached hydrogens (tertiary/aromatic N) is 1. The van der Waals surface area contributed by atoms with E-state index >= 15 is 0 Å². The standard InChI is InChI=1S/C11H11NOS2/c1-6-8-4-10(14-3)9(7(2)13)5-11(8)15-12-6/h4-5H,1-3H3. The first-order chi connectivity index (χ1) is 7.13. The fraction of sp³-hybridized carbons (Fsp3) is 0.273. The number of Topliss-reactive ketones (excluding diaryl/α,β-unsaturated/α-hetero) is 1. The Balaban J connectivity index is 2.76. The highest BCUT2D eigenvalue weighted by Gasteiger charge is 2.11. The van der Waals surface area contributed by atoms with Crippen LogP contribution >= 0.6 is 23.3 Å². The lowest BCUT2D eigenvalue weighted by molar-refractivity contribution is 0.101. The second-order valence-electron chi connectivity index (χ2n) is 3.37. The van der Waals surface area contributed by atoms with Crippen LogP contribution in [-0.4, -0.2) is 16.4 Å². The molecule has 2 aromatic rings. The van der Waals surface area contributed by atoms with Gasteiger partial charge in [0.2, 0.25) is 0 Å². The summed E-state index contributed by atoms with van der Waals surface area (Å²) in [6.45, 7) is 3.60. The monoisotopic (exact) mass is 237 g/mol. The molecule has 15 heavy (non-hydrogen) atoms. The highest BCUT2D eigenvalue weighted by Crippen LogP contribution is 2.30. The van der Waals surface area contributed by atoms with Gasteiger partial charge < -0.3 is 0 Å². The van der Waals surface area contributed by atoms with Gasteiger partial charge in [-0.25, -0.2) is 0 Å². The van der Waals surface area contributed by atoms with Gasteiger partial charge in [0.05, 0.1) is 10.4 Å². The Morgan fingerprint density at radius 3 is 2.80 bits per heavy atom. The van der Waals surface area contributed by atoms with Crippen LogP contribution in [0.3, 0.4) is 0 Å². The van der Waals surface area contributed by atoms with E-state index in [1.165, 1.54) is 11.5 Å². The van der Waals surface area contributed by atoms with E-state index in [2.05, 4.69) is 10.4 Å². The minimum Gasteiger partial charge on any atom is -0.294 e. The Labute approximate surface area is 96.9 Å². The largest absolute Gasteiger partial charge is 0.294 e. The molecule has 78 valence electrons. The smallest absolute Gasteiger partial charge is 0.160 e. The molecule has 0 bridgehead atoms. The minimum atomic E-state index is 0.118. The van der Waals surface area contributed by atoms with Crippen LogP contribution in [-0.2, 0) is 0 Å². The number of hydrogen-bond acceptors (Lipinski definition) is 4. The predicted octanol–water partition coefficient (Wildman–Crippen LogP) is 3.53. The summed E-state index contributed by atoms with van der Waals surface area (Å²) in [5.74, 6) is 0.118. The van der Waals surface area contributed by atoms with Crippen molar-refractivity contribution in [3.8, 4) is 0 Å². The average Bonchev–Trinajstić information content (AvgIpc) is 2.58. The van der Waals surface area contributed by atoms with E-state index in [-0.39, 0.29) is 5.78 Å². The van der Waals surface area contributed by atoms with Crippen LogP contribution in [0.2, 0.25) is 0 Å². The number of rotatable bonds is 2. The first-order valence-electron chi connectivity index (χ1n) is 4.58. The van der Waals surface area contributed by atoms with Gasteiger partial charge in [-0.2, -0.15) is 4.37 Å². The molecule has 1 aromatic heterocycles. The zero-order valence-corrected chi connectivity index (χ0v) is 10.5. The van der Waals surface area contributed by atoms with Gasteiger partial charge in [0.1, 0.15) is 0 Å². The van der Waals surface area contributed by atoms with Gasteiger partial charge >= 0.3 is 0 Å². The summed E-state index contributed by atoms with van der Waals surface area (Å²) in [5.41, 5.74) is 1.85. The highest BCUT2D eigenvalue weighted by molar-refractivity contribution is 7.98. The maximum Gasteiger partial charge on any atom is 0.160 e. The molecule has 1 aromatic carbocycles. The van der Waals surface area contributed by atoms with E-state index in [1.54, 1.807) is 18.7 Å². The van der Waals surface area contributed by atoms with E-state index in [4.69, 9.17) is 0 Å². The molecule has 0 saturated heterocycles. The zero-order valence-electron chi connectivity index (χ0n) is 8.83. The maximum atomic E-state index is 11.4. The molecule has 0 radical (unpaired) electrons. The summed E-state index contributed by atoms with van der Waals surface area (Å²) in [7, 11) is 0. The SMILES string of the molecule is CSc1cc2c(C)nsc2cc1C(C)=O. The number of hydrogen-bond donors (Lipinski definition) is 0. The summed E-state index contributed by atoms with van der Waals surface area (Å²) < 4.78 is 5.39. The summed E-state index contributed by atoms with van der Waals surface area (Å²) in [6, 6.07) is 4.02. The second kappa shape index (κ2) is 3.94. The van der Waals surface area contributed by atoms with Gasteiger partial charge in [-0.3, -0.25) is 4.79 Å². The molecule has 0 atom stereocenters. The van der Waals surface area contributed by atoms with E-state index < -0.39 is 0 Å². The van der Waals surface area contributed by atoms with Crippen molar-refractivity contribution in [2.75, 3.05) is 6.26 Å². The van der Waals surface area contributed by atoms with Crippen LogP contribution in [0.4, 0.5) is 0 Å². The number of thioether (sulfide) groups is 1. The molecule has 0 unspecified atom stereocenters. The molecule has 2 rings (SSSR count). The van der Waals surface area contributed by atoms with Crippen molar-refractivity contribution in [3.05, 3.63) is 23.4 Å². The second-order valence-corrected chi connectivity index (χ2v) is 5.03. The normalized spacial score (nSPS) is 10.9. The van der Waals surface area contributed by atoms with Crippen molar-refractivity contribution in [3.63, 3.8) is 0 Å². The van der Waals surface area contributed by atoms with Gasteiger partial charge in [0.25, 0.3) is 0 Å². The molecule has 2 nitrogen and oxygen atoms in total. The number of carbonyl (C=O) groups excluding carboxylic acids is 1. The highest BCUT2D eigenvalue weighted by atomic mass is 32.2. The first-order valence-corrected chi connectivity index (χ1v) is 6.58. The topological polar surface area (TPSA) is 30.0 Å². The van der Waals surface area contributed by atoms with E-state index in [0.717, 1.165) is 26.2 Å². The lowest BCUT2D eigenvalue weighted by Gasteiger charge is -2.03. The fourth-order valence-corrected chi connectivity index (χ4v) is 3.00. The number of aryl methyl sites for hydroxylation is 1. The molecule has 0 amide bonds. The number of carbonyl (C=O) groups is 1. The van der Waals surface area contributed by atoms with E-state index in [0.29, 0.717) is 0 Å². The van der Waals surface area contributed by atoms with Crippen molar-refractivity contribution in [1.29, 1.82) is 0 Å². The van der Waals surface area contributed by atoms with E-state index in [1.807, 2.05) is 19.2 Å². The molecule has 0 aliphatic carbocycles. The summed E-state index contributed by atoms with van der Waals surface area (Å²) in [6.07, 6.45) is 1.99. The number of benzene rings is 1. The van der Waals surface area contributed by atoms with Crippen molar-refractivity contribution < 1.29 is 4.79 Å². The molecule has 0 N–H and O–H groups in total. The Hall–Kier alpha value is -0.870. The molecule has 0 spiro atoms. The molecule has 1 heterocycles. The Bertz CT molecular complexity index is 531. The van der Waals surface area contributed by atoms with Crippen LogP contribution in [0.1, 0.15) is 23.0 Å². The Morgan fingerprint density at radius 2 is 2.20 bits per heavy atom. The third-order valence-electron chi connectivity index (χ3n) is 2.35. The first kappa shape index (κ1) is 10.6. The van der Waals surface area contributed by atoms with Gasteiger partial charge in [-0.05, 0) is 43.8 Å². The third kappa shape index (κ3) is 1.79. The van der Waals surface area contributed by atoms with Crippen LogP contribution in [0, 0.1) is 6.92 Å². The molecule has 0 saturated carbocycles. The summed E-state index contributed by atoms with van der Waals surface area (Å²) in [4.78, 5) is 12.5. The number of aromatic nitrogens is 1. The van der Waals surface area contributed by atoms with Crippen LogP contribution < -0.4 is 0 Å². The van der Waals surface area contributed by atoms with Crippen LogP contribution in [0.5, 0.6) is 0 Å². The molecule has 4 heteroatoms. The summed E-state index contributed by atoms with van der Waals surface area (Å²) >= 11 is 3.06. The number of fused-ring (bicyclic) bond motifs is 1. The fourth-order valence-electron chi connectivity index (χ4n) is 1.53. The molecule has 0 fully saturated rings. The van der Waals surface area contributed by atoms with Gasteiger partial charge in [0.15, 0.2) is 5.78 Å². The lowest BCUT2D eigenvalue weighted by atomic mass is 10.1. The van der Waals surface area contributed by atoms with Crippen LogP contribution in [0.15, 0.2) is 17.0 Å². The van der Waals surface area contributed by atoms with Crippen molar-refractivity contribution >= 4 is 39.2 Å². The third-order valence-corrected chi connectivity index (χ3v) is 4.03. The predicted molar refractivity (Wildman–Crippen MR) is 66.1 cm³/mol. The van der Waals surface area contributed by atoms with Crippen molar-refractivity contribution in [1.82, 2.24) is 4.37 Å². The number of ketones is 1. The van der Waals surface area contributed by atoms with Crippen molar-refractivity contribution in [2.45, 2.75) is 18.7 Å². The average molecular weight is 237 g/mol. The van der Waals surface area contributed by atoms with Crippen LogP contribution in [0.25, 0.3) is 10.1 Å². The quantitative estimate of drug-likeness (QED) is 0.591. The van der Waals surface area contributed by atoms with Gasteiger partial charge in [-0.15, -0.1) is 11.8 Å². The van der Waals surface area contributed by atoms with Gasteiger partial charge in [-0.1, -0.05) is 0 Å². The molecular weight excluding hydrogens is 226 g/mol. The van der Waals surface area contributed by atoms with E-state index in [9.17, 15) is 4.79 Å². The Morgan fingerprint density at radius 1 is 1.47 bits per heavy atom. The summed E-state index contributed by atoms with van der Waals surface area (Å²) in [5, 5.41) is 1.16.